The lowest BCUT2D eigenvalue weighted by Gasteiger charge is -2.17. The van der Waals surface area contributed by atoms with Crippen LogP contribution in [0.4, 0.5) is 5.95 Å². The summed E-state index contributed by atoms with van der Waals surface area (Å²) in [7, 11) is 0. The van der Waals surface area contributed by atoms with Crippen LogP contribution in [0.5, 0.6) is 0 Å². The molecule has 1 saturated heterocycles. The smallest absolute Gasteiger partial charge is 0.258 e. The molecule has 2 heterocycles. The Balaban J connectivity index is 1.66. The first-order valence-electron chi connectivity index (χ1n) is 7.57. The van der Waals surface area contributed by atoms with Crippen LogP contribution in [-0.4, -0.2) is 49.9 Å². The lowest BCUT2D eigenvalue weighted by atomic mass is 10.1. The highest BCUT2D eigenvalue weighted by atomic mass is 16.2. The Hall–Kier alpha value is -3.21. The van der Waals surface area contributed by atoms with Crippen molar-refractivity contribution in [3.8, 4) is 11.8 Å². The molecule has 1 atom stereocenters. The third-order valence-electron chi connectivity index (χ3n) is 3.76. The third kappa shape index (κ3) is 3.57. The van der Waals surface area contributed by atoms with Gasteiger partial charge < -0.3 is 4.90 Å². The fourth-order valence-corrected chi connectivity index (χ4v) is 2.56. The van der Waals surface area contributed by atoms with Crippen molar-refractivity contribution in [2.24, 2.45) is 0 Å². The van der Waals surface area contributed by atoms with E-state index in [9.17, 15) is 9.59 Å². The summed E-state index contributed by atoms with van der Waals surface area (Å²) in [5.74, 6) is 6.14. The molecule has 1 unspecified atom stereocenters. The highest BCUT2D eigenvalue weighted by Crippen LogP contribution is 2.16. The second-order valence-electron chi connectivity index (χ2n) is 5.42. The largest absolute Gasteiger partial charge is 0.329 e. The van der Waals surface area contributed by atoms with Gasteiger partial charge >= 0.3 is 0 Å². The number of likely N-dealkylation sites (tertiary alicyclic amines) is 1. The molecule has 0 spiro atoms. The van der Waals surface area contributed by atoms with Gasteiger partial charge in [0.1, 0.15) is 0 Å². The Morgan fingerprint density at radius 3 is 2.79 bits per heavy atom. The van der Waals surface area contributed by atoms with Crippen molar-refractivity contribution < 1.29 is 9.59 Å². The van der Waals surface area contributed by atoms with Crippen molar-refractivity contribution in [2.45, 2.75) is 25.8 Å². The van der Waals surface area contributed by atoms with E-state index < -0.39 is 0 Å². The number of aromatic amines is 1. The van der Waals surface area contributed by atoms with Crippen LogP contribution in [0.3, 0.4) is 0 Å². The maximum absolute atomic E-state index is 12.0. The molecule has 122 valence electrons. The second kappa shape index (κ2) is 6.91. The first-order chi connectivity index (χ1) is 11.6. The van der Waals surface area contributed by atoms with Gasteiger partial charge in [-0.3, -0.25) is 14.9 Å². The number of hydrogen-bond donors (Lipinski definition) is 2. The molecule has 0 radical (unpaired) electrons. The number of carbonyl (C=O) groups excluding carboxylic acids is 2. The molecule has 0 bridgehead atoms. The van der Waals surface area contributed by atoms with Gasteiger partial charge in [0, 0.05) is 24.6 Å². The van der Waals surface area contributed by atoms with E-state index in [0.29, 0.717) is 5.56 Å². The normalized spacial score (nSPS) is 16.4. The Morgan fingerprint density at radius 2 is 2.12 bits per heavy atom. The highest BCUT2D eigenvalue weighted by molar-refractivity contribution is 6.03. The van der Waals surface area contributed by atoms with Crippen LogP contribution in [0.25, 0.3) is 0 Å². The van der Waals surface area contributed by atoms with Gasteiger partial charge in [0.05, 0.1) is 6.04 Å². The Bertz CT molecular complexity index is 788. The number of benzene rings is 1. The summed E-state index contributed by atoms with van der Waals surface area (Å²) < 4.78 is 0. The Kier molecular flexibility index (Phi) is 4.52. The minimum absolute atomic E-state index is 0.0237. The van der Waals surface area contributed by atoms with E-state index in [-0.39, 0.29) is 23.8 Å². The molecule has 0 aliphatic carbocycles. The van der Waals surface area contributed by atoms with Gasteiger partial charge in [-0.05, 0) is 47.5 Å². The summed E-state index contributed by atoms with van der Waals surface area (Å²) in [6, 6.07) is 6.88. The summed E-state index contributed by atoms with van der Waals surface area (Å²) in [5, 5.41) is 15.4. The van der Waals surface area contributed by atoms with Crippen LogP contribution >= 0.6 is 0 Å². The molecule has 8 heteroatoms. The number of nitrogens with one attached hydrogen (secondary N) is 2. The molecular formula is C16H16N6O2. The van der Waals surface area contributed by atoms with Crippen LogP contribution in [0, 0.1) is 11.8 Å². The highest BCUT2D eigenvalue weighted by Gasteiger charge is 2.24. The maximum Gasteiger partial charge on any atom is 0.258 e. The average molecular weight is 324 g/mol. The molecule has 1 aliphatic heterocycles. The summed E-state index contributed by atoms with van der Waals surface area (Å²) in [6.45, 7) is 2.34. The quantitative estimate of drug-likeness (QED) is 0.796. The number of aromatic nitrogens is 4. The fraction of sp³-hybridized carbons (Fsp3) is 0.312. The lowest BCUT2D eigenvalue weighted by molar-refractivity contribution is -0.128. The molecule has 1 aliphatic rings. The van der Waals surface area contributed by atoms with E-state index in [0.717, 1.165) is 24.9 Å². The van der Waals surface area contributed by atoms with E-state index in [1.807, 2.05) is 0 Å². The van der Waals surface area contributed by atoms with Crippen molar-refractivity contribution in [3.05, 3.63) is 35.4 Å². The van der Waals surface area contributed by atoms with Crippen molar-refractivity contribution in [1.82, 2.24) is 25.5 Å². The van der Waals surface area contributed by atoms with E-state index >= 15 is 0 Å². The lowest BCUT2D eigenvalue weighted by Crippen LogP contribution is -2.32. The van der Waals surface area contributed by atoms with E-state index in [2.05, 4.69) is 37.8 Å². The molecule has 1 aromatic heterocycles. The molecule has 1 fully saturated rings. The van der Waals surface area contributed by atoms with Crippen LogP contribution < -0.4 is 5.32 Å². The molecule has 1 aromatic carbocycles. The molecular weight excluding hydrogens is 308 g/mol. The third-order valence-corrected chi connectivity index (χ3v) is 3.76. The topological polar surface area (TPSA) is 104 Å². The van der Waals surface area contributed by atoms with Crippen molar-refractivity contribution in [1.29, 1.82) is 0 Å². The summed E-state index contributed by atoms with van der Waals surface area (Å²) in [6.07, 6.45) is 1.88. The minimum atomic E-state index is -0.313. The van der Waals surface area contributed by atoms with Crippen LogP contribution in [0.15, 0.2) is 24.3 Å². The first-order valence-corrected chi connectivity index (χ1v) is 7.57. The number of carbonyl (C=O) groups is 2. The SMILES string of the molecule is CC(=O)N1CCCC1C#Cc1ccc(C(=O)Nc2nnn[nH]2)cc1. The van der Waals surface area contributed by atoms with Gasteiger partial charge in [0.15, 0.2) is 0 Å². The number of anilines is 1. The first kappa shape index (κ1) is 15.7. The number of nitrogens with zero attached hydrogens (tertiary/aromatic N) is 4. The summed E-state index contributed by atoms with van der Waals surface area (Å²) >= 11 is 0. The number of tetrazole rings is 1. The molecule has 3 rings (SSSR count). The van der Waals surface area contributed by atoms with Crippen LogP contribution in [0.2, 0.25) is 0 Å². The van der Waals surface area contributed by atoms with Crippen molar-refractivity contribution in [3.63, 3.8) is 0 Å². The Labute approximate surface area is 138 Å². The van der Waals surface area contributed by atoms with Crippen molar-refractivity contribution >= 4 is 17.8 Å². The number of rotatable bonds is 2. The zero-order valence-electron chi connectivity index (χ0n) is 13.1. The number of amides is 2. The minimum Gasteiger partial charge on any atom is -0.329 e. The van der Waals surface area contributed by atoms with E-state index in [1.165, 1.54) is 0 Å². The predicted molar refractivity (Wildman–Crippen MR) is 85.9 cm³/mol. The van der Waals surface area contributed by atoms with Crippen LogP contribution in [-0.2, 0) is 4.79 Å². The fourth-order valence-electron chi connectivity index (χ4n) is 2.56. The standard InChI is InChI=1S/C16H16N6O2/c1-11(23)22-10-2-3-14(22)9-6-12-4-7-13(8-5-12)15(24)17-16-18-20-21-19-16/h4-5,7-8,14H,2-3,10H2,1H3,(H2,17,18,19,20,21,24). The molecule has 24 heavy (non-hydrogen) atoms. The Morgan fingerprint density at radius 1 is 1.33 bits per heavy atom. The molecule has 2 N–H and O–H groups in total. The zero-order valence-corrected chi connectivity index (χ0v) is 13.1. The van der Waals surface area contributed by atoms with E-state index in [4.69, 9.17) is 0 Å². The zero-order chi connectivity index (χ0) is 16.9. The van der Waals surface area contributed by atoms with E-state index in [1.54, 1.807) is 36.1 Å². The van der Waals surface area contributed by atoms with Gasteiger partial charge in [-0.25, -0.2) is 5.10 Å². The van der Waals surface area contributed by atoms with Gasteiger partial charge in [-0.15, -0.1) is 0 Å². The molecule has 8 nitrogen and oxygen atoms in total. The summed E-state index contributed by atoms with van der Waals surface area (Å²) in [5.41, 5.74) is 1.27. The van der Waals surface area contributed by atoms with Gasteiger partial charge in [-0.1, -0.05) is 16.9 Å². The molecule has 2 aromatic rings. The molecule has 2 amide bonds. The maximum atomic E-state index is 12.0. The predicted octanol–water partition coefficient (Wildman–Crippen LogP) is 0.814. The summed E-state index contributed by atoms with van der Waals surface area (Å²) in [4.78, 5) is 25.3. The van der Waals surface area contributed by atoms with Gasteiger partial charge in [0.2, 0.25) is 11.9 Å². The van der Waals surface area contributed by atoms with Gasteiger partial charge in [0.25, 0.3) is 5.91 Å². The van der Waals surface area contributed by atoms with Crippen LogP contribution in [0.1, 0.15) is 35.7 Å². The average Bonchev–Trinajstić information content (AvgIpc) is 3.24. The number of H-pyrrole nitrogens is 1. The van der Waals surface area contributed by atoms with Crippen molar-refractivity contribution in [2.75, 3.05) is 11.9 Å². The second-order valence-corrected chi connectivity index (χ2v) is 5.42. The molecule has 0 saturated carbocycles. The number of hydrogen-bond acceptors (Lipinski definition) is 5. The van der Waals surface area contributed by atoms with Gasteiger partial charge in [-0.2, -0.15) is 0 Å². The monoisotopic (exact) mass is 324 g/mol.